The summed E-state index contributed by atoms with van der Waals surface area (Å²) in [6.45, 7) is 1.47. The van der Waals surface area contributed by atoms with Gasteiger partial charge in [0.15, 0.2) is 5.65 Å². The molecule has 0 atom stereocenters. The SMILES string of the molecule is COc1c(-c2ccc3ncccc3c2)c(NC(C)=O)nc2c(-c3ccccc3)c(-c3ccccc3)nn12. The van der Waals surface area contributed by atoms with Gasteiger partial charge in [0, 0.05) is 24.1 Å². The van der Waals surface area contributed by atoms with Gasteiger partial charge >= 0.3 is 0 Å². The minimum Gasteiger partial charge on any atom is -0.480 e. The van der Waals surface area contributed by atoms with Crippen molar-refractivity contribution in [2.45, 2.75) is 6.92 Å². The van der Waals surface area contributed by atoms with E-state index in [1.54, 1.807) is 17.8 Å². The second-order valence-electron chi connectivity index (χ2n) is 8.63. The Balaban J connectivity index is 1.72. The van der Waals surface area contributed by atoms with Gasteiger partial charge in [-0.15, -0.1) is 0 Å². The fourth-order valence-electron chi connectivity index (χ4n) is 4.63. The van der Waals surface area contributed by atoms with E-state index in [0.717, 1.165) is 38.9 Å². The molecule has 3 aromatic heterocycles. The van der Waals surface area contributed by atoms with Crippen LogP contribution < -0.4 is 10.1 Å². The molecule has 7 heteroatoms. The smallest absolute Gasteiger partial charge is 0.228 e. The summed E-state index contributed by atoms with van der Waals surface area (Å²) in [6, 6.07) is 29.8. The van der Waals surface area contributed by atoms with Crippen LogP contribution in [0.3, 0.4) is 0 Å². The van der Waals surface area contributed by atoms with Gasteiger partial charge in [0.05, 0.1) is 23.8 Å². The molecule has 0 fully saturated rings. The van der Waals surface area contributed by atoms with Gasteiger partial charge in [0.2, 0.25) is 11.8 Å². The number of hydrogen-bond donors (Lipinski definition) is 1. The molecule has 0 bridgehead atoms. The molecular formula is C30H23N5O2. The lowest BCUT2D eigenvalue weighted by atomic mass is 10.0. The number of carbonyl (C=O) groups is 1. The number of fused-ring (bicyclic) bond motifs is 2. The Bertz CT molecular complexity index is 1760. The van der Waals surface area contributed by atoms with E-state index < -0.39 is 0 Å². The van der Waals surface area contributed by atoms with Crippen LogP contribution in [0.25, 0.3) is 50.1 Å². The highest BCUT2D eigenvalue weighted by Gasteiger charge is 2.25. The molecule has 3 aromatic carbocycles. The van der Waals surface area contributed by atoms with Crippen molar-refractivity contribution < 1.29 is 9.53 Å². The Kier molecular flexibility index (Phi) is 5.58. The van der Waals surface area contributed by atoms with Crippen molar-refractivity contribution in [2.75, 3.05) is 12.4 Å². The Labute approximate surface area is 213 Å². The number of carbonyl (C=O) groups excluding carboxylic acids is 1. The van der Waals surface area contributed by atoms with E-state index in [0.29, 0.717) is 22.9 Å². The molecule has 0 aliphatic rings. The van der Waals surface area contributed by atoms with Crippen molar-refractivity contribution in [2.24, 2.45) is 0 Å². The van der Waals surface area contributed by atoms with Gasteiger partial charge in [-0.25, -0.2) is 4.98 Å². The highest BCUT2D eigenvalue weighted by molar-refractivity contribution is 5.98. The van der Waals surface area contributed by atoms with Gasteiger partial charge in [-0.3, -0.25) is 9.78 Å². The molecule has 0 saturated heterocycles. The zero-order chi connectivity index (χ0) is 25.4. The maximum atomic E-state index is 12.3. The van der Waals surface area contributed by atoms with Crippen LogP contribution in [-0.4, -0.2) is 32.6 Å². The highest BCUT2D eigenvalue weighted by Crippen LogP contribution is 2.42. The lowest BCUT2D eigenvalue weighted by Gasteiger charge is -2.16. The number of aromatic nitrogens is 4. The fourth-order valence-corrected chi connectivity index (χ4v) is 4.63. The number of anilines is 1. The van der Waals surface area contributed by atoms with Crippen molar-refractivity contribution in [3.8, 4) is 39.4 Å². The average molecular weight is 486 g/mol. The molecule has 180 valence electrons. The maximum Gasteiger partial charge on any atom is 0.228 e. The standard InChI is InChI=1S/C30H23N5O2/c1-19(36)32-28-26(23-15-16-24-22(18-23)14-9-17-31-24)30(37-2)35-29(33-28)25(20-10-5-3-6-11-20)27(34-35)21-12-7-4-8-13-21/h3-18H,1-2H3,(H,32,33,36). The summed E-state index contributed by atoms with van der Waals surface area (Å²) in [5, 5.41) is 8.89. The van der Waals surface area contributed by atoms with Crippen molar-refractivity contribution in [3.63, 3.8) is 0 Å². The monoisotopic (exact) mass is 485 g/mol. The number of nitrogens with one attached hydrogen (secondary N) is 1. The van der Waals surface area contributed by atoms with Crippen molar-refractivity contribution in [3.05, 3.63) is 97.2 Å². The van der Waals surface area contributed by atoms with Gasteiger partial charge < -0.3 is 10.1 Å². The second kappa shape index (κ2) is 9.20. The minimum atomic E-state index is -0.230. The van der Waals surface area contributed by atoms with Gasteiger partial charge in [-0.1, -0.05) is 72.8 Å². The zero-order valence-electron chi connectivity index (χ0n) is 20.3. The summed E-state index contributed by atoms with van der Waals surface area (Å²) in [7, 11) is 1.60. The summed E-state index contributed by atoms with van der Waals surface area (Å²) >= 11 is 0. The summed E-state index contributed by atoms with van der Waals surface area (Å²) < 4.78 is 7.70. The molecule has 1 amide bonds. The molecule has 0 unspecified atom stereocenters. The number of ether oxygens (including phenoxy) is 1. The van der Waals surface area contributed by atoms with Crippen LogP contribution in [0.15, 0.2) is 97.2 Å². The third-order valence-electron chi connectivity index (χ3n) is 6.21. The molecule has 7 nitrogen and oxygen atoms in total. The number of rotatable bonds is 5. The van der Waals surface area contributed by atoms with Gasteiger partial charge in [0.1, 0.15) is 11.5 Å². The quantitative estimate of drug-likeness (QED) is 0.312. The summed E-state index contributed by atoms with van der Waals surface area (Å²) in [6.07, 6.45) is 1.76. The number of nitrogens with zero attached hydrogens (tertiary/aromatic N) is 4. The number of benzene rings is 3. The van der Waals surface area contributed by atoms with E-state index in [4.69, 9.17) is 14.8 Å². The molecule has 0 radical (unpaired) electrons. The van der Waals surface area contributed by atoms with E-state index in [-0.39, 0.29) is 5.91 Å². The molecular weight excluding hydrogens is 462 g/mol. The summed E-state index contributed by atoms with van der Waals surface area (Å²) in [5.41, 5.74) is 6.45. The molecule has 6 rings (SSSR count). The molecule has 0 spiro atoms. The van der Waals surface area contributed by atoms with E-state index >= 15 is 0 Å². The molecule has 37 heavy (non-hydrogen) atoms. The average Bonchev–Trinajstić information content (AvgIpc) is 3.32. The van der Waals surface area contributed by atoms with E-state index in [1.807, 2.05) is 91.0 Å². The number of pyridine rings is 1. The maximum absolute atomic E-state index is 12.3. The largest absolute Gasteiger partial charge is 0.480 e. The summed E-state index contributed by atoms with van der Waals surface area (Å²) in [4.78, 5) is 21.7. The first-order valence-corrected chi connectivity index (χ1v) is 11.9. The number of methoxy groups -OCH3 is 1. The Hall–Kier alpha value is -5.04. The predicted molar refractivity (Wildman–Crippen MR) is 145 cm³/mol. The highest BCUT2D eigenvalue weighted by atomic mass is 16.5. The normalized spacial score (nSPS) is 11.1. The predicted octanol–water partition coefficient (Wildman–Crippen LogP) is 6.25. The molecule has 1 N–H and O–H groups in total. The third-order valence-corrected chi connectivity index (χ3v) is 6.21. The van der Waals surface area contributed by atoms with Crippen LogP contribution in [0.2, 0.25) is 0 Å². The first-order valence-electron chi connectivity index (χ1n) is 11.9. The van der Waals surface area contributed by atoms with Crippen molar-refractivity contribution in [1.82, 2.24) is 19.6 Å². The molecule has 0 saturated carbocycles. The van der Waals surface area contributed by atoms with Crippen LogP contribution in [0, 0.1) is 0 Å². The molecule has 0 aliphatic heterocycles. The van der Waals surface area contributed by atoms with E-state index in [1.165, 1.54) is 6.92 Å². The van der Waals surface area contributed by atoms with E-state index in [2.05, 4.69) is 10.3 Å². The number of amides is 1. The van der Waals surface area contributed by atoms with Crippen LogP contribution in [0.1, 0.15) is 6.92 Å². The van der Waals surface area contributed by atoms with Crippen molar-refractivity contribution >= 4 is 28.3 Å². The van der Waals surface area contributed by atoms with Gasteiger partial charge in [0.25, 0.3) is 0 Å². The third kappa shape index (κ3) is 3.96. The molecule has 6 aromatic rings. The van der Waals surface area contributed by atoms with Crippen LogP contribution in [0.4, 0.5) is 5.82 Å². The lowest BCUT2D eigenvalue weighted by molar-refractivity contribution is -0.114. The Morgan fingerprint density at radius 1 is 0.838 bits per heavy atom. The first-order chi connectivity index (χ1) is 18.1. The lowest BCUT2D eigenvalue weighted by Crippen LogP contribution is -2.12. The van der Waals surface area contributed by atoms with E-state index in [9.17, 15) is 4.79 Å². The zero-order valence-corrected chi connectivity index (χ0v) is 20.3. The van der Waals surface area contributed by atoms with Crippen molar-refractivity contribution in [1.29, 1.82) is 0 Å². The van der Waals surface area contributed by atoms with Gasteiger partial charge in [-0.2, -0.15) is 9.61 Å². The topological polar surface area (TPSA) is 81.4 Å². The number of hydrogen-bond acceptors (Lipinski definition) is 5. The minimum absolute atomic E-state index is 0.230. The van der Waals surface area contributed by atoms with Crippen LogP contribution in [-0.2, 0) is 4.79 Å². The van der Waals surface area contributed by atoms with Crippen LogP contribution in [0.5, 0.6) is 5.88 Å². The Morgan fingerprint density at radius 2 is 1.57 bits per heavy atom. The van der Waals surface area contributed by atoms with Crippen LogP contribution >= 0.6 is 0 Å². The second-order valence-corrected chi connectivity index (χ2v) is 8.63. The molecule has 3 heterocycles. The summed E-state index contributed by atoms with van der Waals surface area (Å²) in [5.74, 6) is 0.639. The fraction of sp³-hybridized carbons (Fsp3) is 0.0667. The first kappa shape index (κ1) is 22.4. The molecule has 0 aliphatic carbocycles. The van der Waals surface area contributed by atoms with Gasteiger partial charge in [-0.05, 0) is 29.3 Å². The Morgan fingerprint density at radius 3 is 2.27 bits per heavy atom.